The number of nitrogens with zero attached hydrogens (tertiary/aromatic N) is 1. The van der Waals surface area contributed by atoms with Gasteiger partial charge in [0.1, 0.15) is 5.01 Å². The Morgan fingerprint density at radius 2 is 1.95 bits per heavy atom. The number of rotatable bonds is 7. The van der Waals surface area contributed by atoms with Crippen LogP contribution in [0.4, 0.5) is 0 Å². The number of aliphatic hydroxyl groups is 1. The summed E-state index contributed by atoms with van der Waals surface area (Å²) in [6.07, 6.45) is 1.77. The lowest BCUT2D eigenvalue weighted by Gasteiger charge is -2.22. The summed E-state index contributed by atoms with van der Waals surface area (Å²) in [7, 11) is 0. The molecule has 0 fully saturated rings. The van der Waals surface area contributed by atoms with Crippen LogP contribution in [0.5, 0.6) is 0 Å². The summed E-state index contributed by atoms with van der Waals surface area (Å²) in [6.45, 7) is 7.00. The largest absolute Gasteiger partial charge is 0.392 e. The zero-order chi connectivity index (χ0) is 14.5. The molecule has 1 aromatic heterocycles. The summed E-state index contributed by atoms with van der Waals surface area (Å²) in [4.78, 5) is 4.65. The van der Waals surface area contributed by atoms with E-state index < -0.39 is 0 Å². The number of aromatic nitrogens is 1. The second kappa shape index (κ2) is 7.16. The van der Waals surface area contributed by atoms with Crippen LogP contribution in [0.2, 0.25) is 0 Å². The molecule has 1 aromatic carbocycles. The molecule has 2 rings (SSSR count). The first-order valence-corrected chi connectivity index (χ1v) is 8.24. The van der Waals surface area contributed by atoms with Gasteiger partial charge in [-0.25, -0.2) is 4.98 Å². The molecule has 2 atom stereocenters. The molecular formula is C16H24N2OS. The quantitative estimate of drug-likeness (QED) is 0.817. The van der Waals surface area contributed by atoms with Crippen molar-refractivity contribution in [1.82, 2.24) is 10.3 Å². The fraction of sp³-hybridized carbons (Fsp3) is 0.562. The molecule has 0 spiro atoms. The second-order valence-corrected chi connectivity index (χ2v) is 6.36. The minimum atomic E-state index is -0.276. The van der Waals surface area contributed by atoms with Gasteiger partial charge >= 0.3 is 0 Å². The highest BCUT2D eigenvalue weighted by Crippen LogP contribution is 2.26. The molecule has 0 saturated carbocycles. The lowest BCUT2D eigenvalue weighted by atomic mass is 9.96. The minimum Gasteiger partial charge on any atom is -0.392 e. The molecule has 0 radical (unpaired) electrons. The van der Waals surface area contributed by atoms with Gasteiger partial charge in [0, 0.05) is 6.54 Å². The molecule has 2 aromatic rings. The van der Waals surface area contributed by atoms with E-state index in [1.54, 1.807) is 11.3 Å². The highest BCUT2D eigenvalue weighted by molar-refractivity contribution is 7.18. The monoisotopic (exact) mass is 292 g/mol. The van der Waals surface area contributed by atoms with E-state index in [1.165, 1.54) is 4.70 Å². The van der Waals surface area contributed by atoms with Crippen LogP contribution in [0, 0.1) is 5.92 Å². The molecule has 0 aliphatic heterocycles. The van der Waals surface area contributed by atoms with Crippen LogP contribution < -0.4 is 5.32 Å². The Kier molecular flexibility index (Phi) is 5.52. The Balaban J connectivity index is 1.96. The van der Waals surface area contributed by atoms with Crippen molar-refractivity contribution >= 4 is 21.6 Å². The molecule has 1 heterocycles. The average Bonchev–Trinajstić information content (AvgIpc) is 2.90. The molecule has 0 amide bonds. The Labute approximate surface area is 125 Å². The van der Waals surface area contributed by atoms with Crippen molar-refractivity contribution in [3.8, 4) is 0 Å². The van der Waals surface area contributed by atoms with E-state index in [9.17, 15) is 5.11 Å². The lowest BCUT2D eigenvalue weighted by molar-refractivity contribution is 0.0989. The first-order chi connectivity index (χ1) is 9.65. The Morgan fingerprint density at radius 1 is 1.25 bits per heavy atom. The normalized spacial score (nSPS) is 14.8. The van der Waals surface area contributed by atoms with Gasteiger partial charge in [-0.3, -0.25) is 0 Å². The van der Waals surface area contributed by atoms with Crippen LogP contribution in [-0.4, -0.2) is 22.7 Å². The van der Waals surface area contributed by atoms with E-state index in [2.05, 4.69) is 37.1 Å². The van der Waals surface area contributed by atoms with Crippen molar-refractivity contribution in [3.63, 3.8) is 0 Å². The average molecular weight is 292 g/mol. The number of aliphatic hydroxyl groups excluding tert-OH is 1. The number of hydrogen-bond donors (Lipinski definition) is 2. The second-order valence-electron chi connectivity index (χ2n) is 5.29. The summed E-state index contributed by atoms with van der Waals surface area (Å²) in [5.41, 5.74) is 1.06. The van der Waals surface area contributed by atoms with Crippen LogP contribution in [0.3, 0.4) is 0 Å². The fourth-order valence-corrected chi connectivity index (χ4v) is 3.45. The van der Waals surface area contributed by atoms with Crippen LogP contribution in [0.1, 0.15) is 44.7 Å². The third-order valence-corrected chi connectivity index (χ3v) is 5.13. The predicted molar refractivity (Wildman–Crippen MR) is 86.1 cm³/mol. The van der Waals surface area contributed by atoms with Gasteiger partial charge in [-0.2, -0.15) is 0 Å². The number of para-hydroxylation sites is 1. The molecule has 2 N–H and O–H groups in total. The van der Waals surface area contributed by atoms with Crippen molar-refractivity contribution < 1.29 is 5.11 Å². The number of benzene rings is 1. The molecule has 0 saturated heterocycles. The molecule has 0 aliphatic carbocycles. The SMILES string of the molecule is CCC(CC)C(O)CNC(C)c1nc2ccccc2s1. The van der Waals surface area contributed by atoms with Gasteiger partial charge in [0.15, 0.2) is 0 Å². The van der Waals surface area contributed by atoms with Gasteiger partial charge in [0.05, 0.1) is 22.4 Å². The van der Waals surface area contributed by atoms with E-state index >= 15 is 0 Å². The first-order valence-electron chi connectivity index (χ1n) is 7.42. The van der Waals surface area contributed by atoms with Gasteiger partial charge < -0.3 is 10.4 Å². The van der Waals surface area contributed by atoms with Gasteiger partial charge in [0.25, 0.3) is 0 Å². The smallest absolute Gasteiger partial charge is 0.111 e. The van der Waals surface area contributed by atoms with Crippen molar-refractivity contribution in [2.24, 2.45) is 5.92 Å². The van der Waals surface area contributed by atoms with Crippen molar-refractivity contribution in [3.05, 3.63) is 29.3 Å². The van der Waals surface area contributed by atoms with Crippen molar-refractivity contribution in [1.29, 1.82) is 0 Å². The van der Waals surface area contributed by atoms with Crippen molar-refractivity contribution in [2.75, 3.05) is 6.54 Å². The summed E-state index contributed by atoms with van der Waals surface area (Å²) < 4.78 is 1.22. The number of nitrogens with one attached hydrogen (secondary N) is 1. The Bertz CT molecular complexity index is 503. The van der Waals surface area contributed by atoms with Crippen LogP contribution in [0.25, 0.3) is 10.2 Å². The summed E-state index contributed by atoms with van der Waals surface area (Å²) in [5.74, 6) is 0.380. The summed E-state index contributed by atoms with van der Waals surface area (Å²) >= 11 is 1.72. The molecule has 3 nitrogen and oxygen atoms in total. The Hall–Kier alpha value is -0.970. The van der Waals surface area contributed by atoms with Crippen LogP contribution in [0.15, 0.2) is 24.3 Å². The summed E-state index contributed by atoms with van der Waals surface area (Å²) in [5, 5.41) is 14.7. The molecule has 20 heavy (non-hydrogen) atoms. The zero-order valence-electron chi connectivity index (χ0n) is 12.5. The van der Waals surface area contributed by atoms with Crippen LogP contribution in [-0.2, 0) is 0 Å². The Morgan fingerprint density at radius 3 is 2.60 bits per heavy atom. The molecule has 4 heteroatoms. The van der Waals surface area contributed by atoms with E-state index in [-0.39, 0.29) is 12.1 Å². The molecular weight excluding hydrogens is 268 g/mol. The topological polar surface area (TPSA) is 45.1 Å². The maximum atomic E-state index is 10.2. The number of thiazole rings is 1. The van der Waals surface area contributed by atoms with Gasteiger partial charge in [-0.15, -0.1) is 11.3 Å². The van der Waals surface area contributed by atoms with E-state index in [0.29, 0.717) is 12.5 Å². The third-order valence-electron chi connectivity index (χ3n) is 3.91. The van der Waals surface area contributed by atoms with Crippen molar-refractivity contribution in [2.45, 2.75) is 45.8 Å². The molecule has 0 bridgehead atoms. The lowest BCUT2D eigenvalue weighted by Crippen LogP contribution is -2.33. The van der Waals surface area contributed by atoms with E-state index in [0.717, 1.165) is 23.4 Å². The first kappa shape index (κ1) is 15.4. The fourth-order valence-electron chi connectivity index (χ4n) is 2.46. The zero-order valence-corrected chi connectivity index (χ0v) is 13.3. The number of fused-ring (bicyclic) bond motifs is 1. The highest BCUT2D eigenvalue weighted by Gasteiger charge is 2.17. The highest BCUT2D eigenvalue weighted by atomic mass is 32.1. The standard InChI is InChI=1S/C16H24N2OS/c1-4-12(5-2)14(19)10-17-11(3)16-18-13-8-6-7-9-15(13)20-16/h6-9,11-12,14,17,19H,4-5,10H2,1-3H3. The van der Waals surface area contributed by atoms with E-state index in [4.69, 9.17) is 0 Å². The van der Waals surface area contributed by atoms with Gasteiger partial charge in [-0.05, 0) is 25.0 Å². The van der Waals surface area contributed by atoms with Gasteiger partial charge in [-0.1, -0.05) is 38.8 Å². The predicted octanol–water partition coefficient (Wildman–Crippen LogP) is 3.74. The molecule has 2 unspecified atom stereocenters. The van der Waals surface area contributed by atoms with Crippen LogP contribution >= 0.6 is 11.3 Å². The number of hydrogen-bond acceptors (Lipinski definition) is 4. The van der Waals surface area contributed by atoms with Gasteiger partial charge in [0.2, 0.25) is 0 Å². The maximum absolute atomic E-state index is 10.2. The molecule has 110 valence electrons. The molecule has 0 aliphatic rings. The minimum absolute atomic E-state index is 0.177. The maximum Gasteiger partial charge on any atom is 0.111 e. The summed E-state index contributed by atoms with van der Waals surface area (Å²) in [6, 6.07) is 8.38. The third kappa shape index (κ3) is 3.57. The van der Waals surface area contributed by atoms with E-state index in [1.807, 2.05) is 18.2 Å².